The second-order valence-electron chi connectivity index (χ2n) is 12.8. The molecule has 1 atom stereocenters. The molecule has 9 nitrogen and oxygen atoms in total. The van der Waals surface area contributed by atoms with Crippen LogP contribution in [0.4, 0.5) is 5.95 Å². The van der Waals surface area contributed by atoms with Crippen molar-refractivity contribution < 1.29 is 23.1 Å². The smallest absolute Gasteiger partial charge is 0.264 e. The number of aliphatic hydroxyl groups is 1. The van der Waals surface area contributed by atoms with Crippen LogP contribution in [0.25, 0.3) is 11.3 Å². The van der Waals surface area contributed by atoms with E-state index in [0.717, 1.165) is 16.7 Å². The van der Waals surface area contributed by atoms with Gasteiger partial charge in [-0.15, -0.1) is 0 Å². The Bertz CT molecular complexity index is 1570. The Kier molecular flexibility index (Phi) is 7.36. The van der Waals surface area contributed by atoms with Crippen molar-refractivity contribution >= 4 is 21.9 Å². The quantitative estimate of drug-likeness (QED) is 0.443. The first kappa shape index (κ1) is 29.0. The minimum atomic E-state index is -4.13. The minimum absolute atomic E-state index is 0.0703. The van der Waals surface area contributed by atoms with Crippen molar-refractivity contribution in [1.82, 2.24) is 14.9 Å². The summed E-state index contributed by atoms with van der Waals surface area (Å²) in [5.41, 5.74) is 2.59. The summed E-state index contributed by atoms with van der Waals surface area (Å²) in [6.07, 6.45) is 1.47. The first-order valence-corrected chi connectivity index (χ1v) is 15.4. The molecular weight excluding hydrogens is 540 g/mol. The van der Waals surface area contributed by atoms with Gasteiger partial charge in [0.2, 0.25) is 11.8 Å². The molecule has 2 N–H and O–H groups in total. The van der Waals surface area contributed by atoms with Gasteiger partial charge in [-0.3, -0.25) is 4.79 Å². The van der Waals surface area contributed by atoms with Crippen molar-refractivity contribution in [2.24, 2.45) is 5.41 Å². The van der Waals surface area contributed by atoms with Gasteiger partial charge in [-0.2, -0.15) is 4.98 Å². The maximum Gasteiger partial charge on any atom is 0.264 e. The van der Waals surface area contributed by atoms with Gasteiger partial charge < -0.3 is 14.7 Å². The Balaban J connectivity index is 1.67. The molecule has 3 aromatic rings. The molecule has 5 rings (SSSR count). The van der Waals surface area contributed by atoms with E-state index in [1.807, 2.05) is 32.0 Å². The molecule has 0 spiro atoms. The van der Waals surface area contributed by atoms with E-state index in [0.29, 0.717) is 25.0 Å². The van der Waals surface area contributed by atoms with Crippen molar-refractivity contribution in [2.75, 3.05) is 11.3 Å². The third kappa shape index (κ3) is 6.23. The van der Waals surface area contributed by atoms with Crippen molar-refractivity contribution in [3.63, 3.8) is 0 Å². The minimum Gasteiger partial charge on any atom is -0.475 e. The van der Waals surface area contributed by atoms with E-state index in [9.17, 15) is 18.3 Å². The monoisotopic (exact) mass is 578 g/mol. The second-order valence-corrected chi connectivity index (χ2v) is 14.5. The van der Waals surface area contributed by atoms with Crippen molar-refractivity contribution in [3.8, 4) is 17.1 Å². The molecule has 4 bridgehead atoms. The standard InChI is InChI=1S/C31H38N4O5S/c1-19-9-7-10-20(2)27(19)25-14-26-33-29(32-25)34-41(38,39)24-12-8-11-21(13-24)28(36)35(22-16-31(6,37)17-22)23(18-40-26)15-30(3,4)5/h7-14,22-23,37H,15-18H2,1-6H3,(H,32,33,34)/t22?,23-,31?/m1/s1. The number of nitrogens with zero attached hydrogens (tertiary/aromatic N) is 3. The van der Waals surface area contributed by atoms with E-state index in [1.54, 1.807) is 30.0 Å². The number of aromatic nitrogens is 2. The summed E-state index contributed by atoms with van der Waals surface area (Å²) < 4.78 is 35.8. The van der Waals surface area contributed by atoms with E-state index < -0.39 is 15.6 Å². The lowest BCUT2D eigenvalue weighted by Gasteiger charge is -2.50. The highest BCUT2D eigenvalue weighted by molar-refractivity contribution is 7.92. The predicted octanol–water partition coefficient (Wildman–Crippen LogP) is 5.11. The molecule has 1 aromatic heterocycles. The van der Waals surface area contributed by atoms with Gasteiger partial charge in [0.15, 0.2) is 0 Å². The van der Waals surface area contributed by atoms with Crippen LogP contribution in [0.5, 0.6) is 5.88 Å². The maximum absolute atomic E-state index is 14.1. The number of fused-ring (bicyclic) bond motifs is 4. The van der Waals surface area contributed by atoms with E-state index in [2.05, 4.69) is 35.5 Å². The van der Waals surface area contributed by atoms with E-state index in [-0.39, 0.29) is 52.3 Å². The highest BCUT2D eigenvalue weighted by Crippen LogP contribution is 2.39. The Morgan fingerprint density at radius 1 is 1.07 bits per heavy atom. The molecule has 41 heavy (non-hydrogen) atoms. The zero-order chi connectivity index (χ0) is 29.7. The van der Waals surface area contributed by atoms with Gasteiger partial charge >= 0.3 is 0 Å². The number of rotatable bonds is 3. The maximum atomic E-state index is 14.1. The lowest BCUT2D eigenvalue weighted by atomic mass is 9.75. The number of sulfonamides is 1. The van der Waals surface area contributed by atoms with E-state index >= 15 is 0 Å². The molecule has 1 aliphatic heterocycles. The van der Waals surface area contributed by atoms with Gasteiger partial charge in [0.1, 0.15) is 6.61 Å². The number of amides is 1. The van der Waals surface area contributed by atoms with Crippen LogP contribution >= 0.6 is 0 Å². The fourth-order valence-electron chi connectivity index (χ4n) is 5.92. The summed E-state index contributed by atoms with van der Waals surface area (Å²) in [6, 6.07) is 13.0. The molecule has 1 saturated carbocycles. The lowest BCUT2D eigenvalue weighted by Crippen LogP contribution is -2.60. The number of anilines is 1. The summed E-state index contributed by atoms with van der Waals surface area (Å²) in [7, 11) is -4.13. The van der Waals surface area contributed by atoms with Crippen molar-refractivity contribution in [2.45, 2.75) is 83.4 Å². The molecule has 0 unspecified atom stereocenters. The van der Waals surface area contributed by atoms with E-state index in [4.69, 9.17) is 4.74 Å². The molecule has 1 fully saturated rings. The summed E-state index contributed by atoms with van der Waals surface area (Å²) in [6.45, 7) is 12.2. The number of carbonyl (C=O) groups excluding carboxylic acids is 1. The Morgan fingerprint density at radius 3 is 2.37 bits per heavy atom. The largest absolute Gasteiger partial charge is 0.475 e. The molecule has 2 aliphatic rings. The zero-order valence-electron chi connectivity index (χ0n) is 24.4. The van der Waals surface area contributed by atoms with Gasteiger partial charge in [0, 0.05) is 23.2 Å². The number of ether oxygens (including phenoxy) is 1. The van der Waals surface area contributed by atoms with E-state index in [1.165, 1.54) is 12.1 Å². The van der Waals surface area contributed by atoms with Crippen LogP contribution in [0, 0.1) is 19.3 Å². The fraction of sp³-hybridized carbons (Fsp3) is 0.452. The zero-order valence-corrected chi connectivity index (χ0v) is 25.2. The summed E-state index contributed by atoms with van der Waals surface area (Å²) >= 11 is 0. The average molecular weight is 579 g/mol. The third-order valence-electron chi connectivity index (χ3n) is 7.70. The SMILES string of the molecule is Cc1cccc(C)c1-c1cc2nc(n1)NS(=O)(=O)c1cccc(c1)C(=O)N(C1CC(C)(O)C1)[C@H](CC(C)(C)C)CO2. The number of hydrogen-bond acceptors (Lipinski definition) is 7. The second kappa shape index (κ2) is 10.4. The summed E-state index contributed by atoms with van der Waals surface area (Å²) in [5, 5.41) is 10.6. The normalized spacial score (nSPS) is 24.2. The van der Waals surface area contributed by atoms with Crippen LogP contribution in [-0.4, -0.2) is 58.6 Å². The molecule has 218 valence electrons. The molecule has 10 heteroatoms. The molecule has 2 heterocycles. The first-order valence-electron chi connectivity index (χ1n) is 13.9. The highest BCUT2D eigenvalue weighted by Gasteiger charge is 2.46. The van der Waals surface area contributed by atoms with Crippen molar-refractivity contribution in [1.29, 1.82) is 0 Å². The van der Waals surface area contributed by atoms with Gasteiger partial charge in [-0.1, -0.05) is 45.0 Å². The third-order valence-corrected chi connectivity index (χ3v) is 9.03. The number of carbonyl (C=O) groups is 1. The Labute approximate surface area is 242 Å². The van der Waals surface area contributed by atoms with Crippen LogP contribution in [0.15, 0.2) is 53.4 Å². The van der Waals surface area contributed by atoms with Gasteiger partial charge in [-0.25, -0.2) is 18.1 Å². The fourth-order valence-corrected chi connectivity index (χ4v) is 6.91. The molecule has 2 aromatic carbocycles. The number of hydrogen-bond donors (Lipinski definition) is 2. The number of benzene rings is 2. The van der Waals surface area contributed by atoms with Crippen LogP contribution in [0.3, 0.4) is 0 Å². The first-order chi connectivity index (χ1) is 19.1. The topological polar surface area (TPSA) is 122 Å². The Hall–Kier alpha value is -3.50. The van der Waals surface area contributed by atoms with Crippen LogP contribution in [0.2, 0.25) is 0 Å². The summed E-state index contributed by atoms with van der Waals surface area (Å²) in [4.78, 5) is 24.8. The highest BCUT2D eigenvalue weighted by atomic mass is 32.2. The van der Waals surface area contributed by atoms with Crippen molar-refractivity contribution in [3.05, 3.63) is 65.2 Å². The molecular formula is C31H38N4O5S. The van der Waals surface area contributed by atoms with Crippen LogP contribution in [0.1, 0.15) is 68.4 Å². The predicted molar refractivity (Wildman–Crippen MR) is 157 cm³/mol. The summed E-state index contributed by atoms with van der Waals surface area (Å²) in [5.74, 6) is -0.211. The molecule has 0 saturated heterocycles. The lowest BCUT2D eigenvalue weighted by molar-refractivity contribution is -0.0836. The van der Waals surface area contributed by atoms with Gasteiger partial charge in [-0.05, 0) is 74.8 Å². The van der Waals surface area contributed by atoms with Gasteiger partial charge in [0.05, 0.1) is 22.2 Å². The number of aryl methyl sites for hydroxylation is 2. The Morgan fingerprint density at radius 2 is 1.73 bits per heavy atom. The average Bonchev–Trinajstić information content (AvgIpc) is 2.84. The van der Waals surface area contributed by atoms with Crippen LogP contribution in [-0.2, 0) is 10.0 Å². The van der Waals surface area contributed by atoms with Crippen LogP contribution < -0.4 is 9.46 Å². The van der Waals surface area contributed by atoms with Gasteiger partial charge in [0.25, 0.3) is 15.9 Å². The molecule has 1 amide bonds. The number of nitrogens with one attached hydrogen (secondary N) is 1. The molecule has 0 radical (unpaired) electrons. The molecule has 1 aliphatic carbocycles.